The monoisotopic (exact) mass is 347 g/mol. The molecule has 1 aromatic rings. The standard InChI is InChI=1S/C19H29N3O3/c1-4-25-16-8-6-15(7-9-16)18(23)21-17(14(2)3)19(24)22-12-5-10-20-11-13-22/h6-9,14,17,20H,4-5,10-13H2,1-3H3,(H,21,23). The van der Waals surface area contributed by atoms with Crippen molar-refractivity contribution in [3.8, 4) is 5.75 Å². The maximum absolute atomic E-state index is 12.9. The number of carbonyl (C=O) groups is 2. The smallest absolute Gasteiger partial charge is 0.251 e. The predicted molar refractivity (Wildman–Crippen MR) is 97.8 cm³/mol. The number of benzene rings is 1. The summed E-state index contributed by atoms with van der Waals surface area (Å²) in [5, 5.41) is 6.20. The summed E-state index contributed by atoms with van der Waals surface area (Å²) >= 11 is 0. The first kappa shape index (κ1) is 19.2. The summed E-state index contributed by atoms with van der Waals surface area (Å²) in [6.07, 6.45) is 0.934. The van der Waals surface area contributed by atoms with Gasteiger partial charge in [-0.05, 0) is 50.1 Å². The molecule has 2 amide bonds. The fraction of sp³-hybridized carbons (Fsp3) is 0.579. The van der Waals surface area contributed by atoms with Gasteiger partial charge in [-0.25, -0.2) is 0 Å². The lowest BCUT2D eigenvalue weighted by molar-refractivity contribution is -0.134. The summed E-state index contributed by atoms with van der Waals surface area (Å²) in [6, 6.07) is 6.46. The molecular weight excluding hydrogens is 318 g/mol. The van der Waals surface area contributed by atoms with E-state index in [1.54, 1.807) is 24.3 Å². The Balaban J connectivity index is 2.04. The minimum absolute atomic E-state index is 0.00186. The number of nitrogens with zero attached hydrogens (tertiary/aromatic N) is 1. The van der Waals surface area contributed by atoms with Crippen molar-refractivity contribution in [3.05, 3.63) is 29.8 Å². The third-order valence-electron chi connectivity index (χ3n) is 4.30. The van der Waals surface area contributed by atoms with Gasteiger partial charge in [0.05, 0.1) is 6.61 Å². The first-order valence-corrected chi connectivity index (χ1v) is 9.06. The van der Waals surface area contributed by atoms with Gasteiger partial charge in [0.1, 0.15) is 11.8 Å². The maximum atomic E-state index is 12.9. The van der Waals surface area contributed by atoms with Crippen molar-refractivity contribution in [2.75, 3.05) is 32.8 Å². The molecule has 2 N–H and O–H groups in total. The lowest BCUT2D eigenvalue weighted by Gasteiger charge is -2.28. The zero-order chi connectivity index (χ0) is 18.2. The zero-order valence-corrected chi connectivity index (χ0v) is 15.4. The van der Waals surface area contributed by atoms with Crippen LogP contribution in [0.25, 0.3) is 0 Å². The largest absolute Gasteiger partial charge is 0.494 e. The van der Waals surface area contributed by atoms with E-state index in [-0.39, 0.29) is 17.7 Å². The maximum Gasteiger partial charge on any atom is 0.251 e. The van der Waals surface area contributed by atoms with Gasteiger partial charge in [0.2, 0.25) is 5.91 Å². The average molecular weight is 347 g/mol. The highest BCUT2D eigenvalue weighted by Gasteiger charge is 2.29. The molecule has 6 heteroatoms. The molecule has 138 valence electrons. The van der Waals surface area contributed by atoms with Crippen LogP contribution in [-0.2, 0) is 4.79 Å². The van der Waals surface area contributed by atoms with Gasteiger partial charge in [0.25, 0.3) is 5.91 Å². The normalized spacial score (nSPS) is 16.2. The molecule has 1 atom stereocenters. The van der Waals surface area contributed by atoms with E-state index in [0.717, 1.165) is 31.8 Å². The Bertz CT molecular complexity index is 564. The van der Waals surface area contributed by atoms with Crippen molar-refractivity contribution in [1.29, 1.82) is 0 Å². The molecule has 0 radical (unpaired) electrons. The van der Waals surface area contributed by atoms with Crippen molar-refractivity contribution in [1.82, 2.24) is 15.5 Å². The van der Waals surface area contributed by atoms with Crippen LogP contribution in [0, 0.1) is 5.92 Å². The van der Waals surface area contributed by atoms with E-state index in [4.69, 9.17) is 4.74 Å². The molecule has 25 heavy (non-hydrogen) atoms. The van der Waals surface area contributed by atoms with E-state index >= 15 is 0 Å². The summed E-state index contributed by atoms with van der Waals surface area (Å²) in [5.41, 5.74) is 0.527. The number of carbonyl (C=O) groups excluding carboxylic acids is 2. The van der Waals surface area contributed by atoms with Crippen LogP contribution in [0.4, 0.5) is 0 Å². The molecular formula is C19H29N3O3. The summed E-state index contributed by atoms with van der Waals surface area (Å²) in [4.78, 5) is 27.3. The van der Waals surface area contributed by atoms with Gasteiger partial charge in [-0.15, -0.1) is 0 Å². The van der Waals surface area contributed by atoms with Crippen molar-refractivity contribution in [3.63, 3.8) is 0 Å². The molecule has 0 spiro atoms. The quantitative estimate of drug-likeness (QED) is 0.821. The summed E-state index contributed by atoms with van der Waals surface area (Å²) in [7, 11) is 0. The minimum atomic E-state index is -0.517. The molecule has 0 aromatic heterocycles. The molecule has 1 heterocycles. The molecule has 1 aliphatic heterocycles. The van der Waals surface area contributed by atoms with Crippen LogP contribution >= 0.6 is 0 Å². The third kappa shape index (κ3) is 5.46. The SMILES string of the molecule is CCOc1ccc(C(=O)NC(C(=O)N2CCCNCC2)C(C)C)cc1. The molecule has 1 saturated heterocycles. The topological polar surface area (TPSA) is 70.7 Å². The fourth-order valence-corrected chi connectivity index (χ4v) is 2.87. The fourth-order valence-electron chi connectivity index (χ4n) is 2.87. The van der Waals surface area contributed by atoms with Crippen molar-refractivity contribution >= 4 is 11.8 Å². The van der Waals surface area contributed by atoms with Crippen LogP contribution in [-0.4, -0.2) is 55.5 Å². The highest BCUT2D eigenvalue weighted by Crippen LogP contribution is 2.14. The van der Waals surface area contributed by atoms with Gasteiger partial charge in [-0.1, -0.05) is 13.8 Å². The van der Waals surface area contributed by atoms with Gasteiger partial charge in [-0.3, -0.25) is 9.59 Å². The lowest BCUT2D eigenvalue weighted by atomic mass is 10.0. The Labute approximate surface area is 149 Å². The van der Waals surface area contributed by atoms with Crippen molar-refractivity contribution < 1.29 is 14.3 Å². The van der Waals surface area contributed by atoms with Gasteiger partial charge < -0.3 is 20.3 Å². The summed E-state index contributed by atoms with van der Waals surface area (Å²) < 4.78 is 5.39. The van der Waals surface area contributed by atoms with Gasteiger partial charge in [0.15, 0.2) is 0 Å². The number of nitrogens with one attached hydrogen (secondary N) is 2. The zero-order valence-electron chi connectivity index (χ0n) is 15.4. The Morgan fingerprint density at radius 1 is 1.20 bits per heavy atom. The first-order chi connectivity index (χ1) is 12.0. The molecule has 1 aromatic carbocycles. The van der Waals surface area contributed by atoms with Crippen LogP contribution in [0.2, 0.25) is 0 Å². The first-order valence-electron chi connectivity index (χ1n) is 9.06. The molecule has 1 fully saturated rings. The van der Waals surface area contributed by atoms with Crippen molar-refractivity contribution in [2.45, 2.75) is 33.2 Å². The highest BCUT2D eigenvalue weighted by atomic mass is 16.5. The number of rotatable bonds is 6. The van der Waals surface area contributed by atoms with Gasteiger partial charge >= 0.3 is 0 Å². The second kappa shape index (κ2) is 9.42. The van der Waals surface area contributed by atoms with E-state index in [2.05, 4.69) is 10.6 Å². The number of hydrogen-bond acceptors (Lipinski definition) is 4. The Morgan fingerprint density at radius 3 is 2.56 bits per heavy atom. The van der Waals surface area contributed by atoms with Crippen LogP contribution in [0.1, 0.15) is 37.6 Å². The van der Waals surface area contributed by atoms with E-state index < -0.39 is 6.04 Å². The molecule has 1 aliphatic rings. The van der Waals surface area contributed by atoms with E-state index in [9.17, 15) is 9.59 Å². The van der Waals surface area contributed by atoms with E-state index in [0.29, 0.717) is 18.7 Å². The number of amides is 2. The van der Waals surface area contributed by atoms with Crippen LogP contribution in [0.5, 0.6) is 5.75 Å². The molecule has 6 nitrogen and oxygen atoms in total. The van der Waals surface area contributed by atoms with Crippen LogP contribution < -0.4 is 15.4 Å². The third-order valence-corrected chi connectivity index (χ3v) is 4.30. The highest BCUT2D eigenvalue weighted by molar-refractivity contribution is 5.97. The summed E-state index contributed by atoms with van der Waals surface area (Å²) in [5.74, 6) is 0.518. The predicted octanol–water partition coefficient (Wildman–Crippen LogP) is 1.66. The molecule has 0 aliphatic carbocycles. The minimum Gasteiger partial charge on any atom is -0.494 e. The Kier molecular flexibility index (Phi) is 7.25. The second-order valence-corrected chi connectivity index (χ2v) is 6.58. The van der Waals surface area contributed by atoms with E-state index in [1.807, 2.05) is 25.7 Å². The Morgan fingerprint density at radius 2 is 1.92 bits per heavy atom. The molecule has 1 unspecified atom stereocenters. The van der Waals surface area contributed by atoms with Gasteiger partial charge in [0, 0.05) is 25.2 Å². The van der Waals surface area contributed by atoms with Crippen LogP contribution in [0.15, 0.2) is 24.3 Å². The molecule has 2 rings (SSSR count). The van der Waals surface area contributed by atoms with E-state index in [1.165, 1.54) is 0 Å². The van der Waals surface area contributed by atoms with Crippen LogP contribution in [0.3, 0.4) is 0 Å². The summed E-state index contributed by atoms with van der Waals surface area (Å²) in [6.45, 7) is 9.54. The average Bonchev–Trinajstić information content (AvgIpc) is 2.89. The number of ether oxygens (including phenoxy) is 1. The molecule has 0 saturated carbocycles. The Hall–Kier alpha value is -2.08. The lowest BCUT2D eigenvalue weighted by Crippen LogP contribution is -2.52. The second-order valence-electron chi connectivity index (χ2n) is 6.58. The number of hydrogen-bond donors (Lipinski definition) is 2. The van der Waals surface area contributed by atoms with Crippen molar-refractivity contribution in [2.24, 2.45) is 5.92 Å². The molecule has 0 bridgehead atoms. The van der Waals surface area contributed by atoms with Gasteiger partial charge in [-0.2, -0.15) is 0 Å².